The van der Waals surface area contributed by atoms with Crippen LogP contribution in [0.3, 0.4) is 0 Å². The van der Waals surface area contributed by atoms with Crippen molar-refractivity contribution in [3.8, 4) is 17.2 Å². The Balaban J connectivity index is 0.000000545. The first-order valence-electron chi connectivity index (χ1n) is 18.5. The summed E-state index contributed by atoms with van der Waals surface area (Å²) in [5, 5.41) is 0. The molecule has 0 aromatic heterocycles. The maximum Gasteiger partial charge on any atom is 0.258 e. The van der Waals surface area contributed by atoms with Gasteiger partial charge in [-0.3, -0.25) is 20.9 Å². The minimum absolute atomic E-state index is 0. The van der Waals surface area contributed by atoms with Gasteiger partial charge < -0.3 is 40.5 Å². The first-order chi connectivity index (χ1) is 26.4. The number of methoxy groups -OCH3 is 1. The van der Waals surface area contributed by atoms with E-state index < -0.39 is 0 Å². The van der Waals surface area contributed by atoms with E-state index >= 15 is 0 Å². The predicted octanol–water partition coefficient (Wildman–Crippen LogP) is 7.18. The van der Waals surface area contributed by atoms with Crippen molar-refractivity contribution >= 4 is 41.4 Å². The molecular formula is C44H44N3O7WY-3. The zero-order chi connectivity index (χ0) is 37.6. The van der Waals surface area contributed by atoms with Gasteiger partial charge in [0.2, 0.25) is 5.91 Å². The average molecular weight is 1000 g/mol. The smallest absolute Gasteiger partial charge is 0.258 e. The number of hydrogen-bond acceptors (Lipinski definition) is 8. The SMILES string of the molecule is COc1cc2c(cc1OCCCOc1cc3c(cc1C)C(=O)N1c4c[c-]ccc4C[C@H]1C=N3)CC[C@@H]1Cc3ccccc3N1C2=O.[CH2-]CCOCC[C-]=O.[W].[Y]. The summed E-state index contributed by atoms with van der Waals surface area (Å²) < 4.78 is 22.9. The molecule has 0 saturated heterocycles. The zero-order valence-electron chi connectivity index (χ0n) is 31.8. The summed E-state index contributed by atoms with van der Waals surface area (Å²) in [6, 6.07) is 24.6. The van der Waals surface area contributed by atoms with E-state index in [0.29, 0.717) is 73.3 Å². The number of para-hydroxylation sites is 1. The molecule has 0 aliphatic carbocycles. The van der Waals surface area contributed by atoms with Crippen molar-refractivity contribution in [3.63, 3.8) is 0 Å². The molecule has 4 heterocycles. The molecule has 0 spiro atoms. The third kappa shape index (κ3) is 9.20. The number of fused-ring (bicyclic) bond motifs is 8. The van der Waals surface area contributed by atoms with E-state index in [0.717, 1.165) is 60.2 Å². The van der Waals surface area contributed by atoms with Crippen LogP contribution in [0, 0.1) is 19.9 Å². The van der Waals surface area contributed by atoms with Gasteiger partial charge in [0, 0.05) is 103 Å². The Kier molecular flexibility index (Phi) is 15.6. The van der Waals surface area contributed by atoms with Crippen LogP contribution in [0.1, 0.15) is 68.7 Å². The topological polar surface area (TPSA) is 107 Å². The summed E-state index contributed by atoms with van der Waals surface area (Å²) in [7, 11) is 1.60. The summed E-state index contributed by atoms with van der Waals surface area (Å²) in [6.45, 7) is 7.48. The molecule has 12 heteroatoms. The second kappa shape index (κ2) is 20.1. The first kappa shape index (κ1) is 43.4. The monoisotopic (exact) mass is 999 g/mol. The third-order valence-corrected chi connectivity index (χ3v) is 10.2. The van der Waals surface area contributed by atoms with E-state index in [1.165, 1.54) is 5.56 Å². The number of hydrogen-bond donors (Lipinski definition) is 0. The third-order valence-electron chi connectivity index (χ3n) is 10.2. The second-order valence-electron chi connectivity index (χ2n) is 13.7. The van der Waals surface area contributed by atoms with Crippen LogP contribution in [0.25, 0.3) is 0 Å². The maximum atomic E-state index is 13.7. The van der Waals surface area contributed by atoms with Crippen molar-refractivity contribution in [1.29, 1.82) is 0 Å². The number of amides is 2. The van der Waals surface area contributed by atoms with E-state index in [9.17, 15) is 14.4 Å². The number of anilines is 2. The number of carbonyl (C=O) groups excluding carboxylic acids is 3. The largest absolute Gasteiger partial charge is 0.542 e. The summed E-state index contributed by atoms with van der Waals surface area (Å²) in [4.78, 5) is 45.4. The van der Waals surface area contributed by atoms with E-state index in [-0.39, 0.29) is 77.7 Å². The van der Waals surface area contributed by atoms with Crippen molar-refractivity contribution in [2.75, 3.05) is 43.3 Å². The fourth-order valence-corrected chi connectivity index (χ4v) is 7.57. The van der Waals surface area contributed by atoms with Crippen molar-refractivity contribution in [3.05, 3.63) is 113 Å². The van der Waals surface area contributed by atoms with E-state index in [2.05, 4.69) is 19.1 Å². The van der Waals surface area contributed by atoms with Crippen molar-refractivity contribution in [1.82, 2.24) is 0 Å². The number of aryl methyl sites for hydroxylation is 2. The number of rotatable bonds is 12. The van der Waals surface area contributed by atoms with Gasteiger partial charge in [-0.15, -0.1) is 12.0 Å². The van der Waals surface area contributed by atoms with Crippen molar-refractivity contribution in [2.45, 2.75) is 64.0 Å². The van der Waals surface area contributed by atoms with Crippen LogP contribution in [0.4, 0.5) is 17.1 Å². The van der Waals surface area contributed by atoms with Gasteiger partial charge in [-0.2, -0.15) is 30.7 Å². The zero-order valence-corrected chi connectivity index (χ0v) is 37.5. The summed E-state index contributed by atoms with van der Waals surface area (Å²) >= 11 is 0. The number of aliphatic imine (C=N–C) groups is 1. The molecule has 4 aliphatic heterocycles. The van der Waals surface area contributed by atoms with Crippen LogP contribution in [-0.4, -0.2) is 69.9 Å². The number of ether oxygens (including phenoxy) is 4. The predicted molar refractivity (Wildman–Crippen MR) is 208 cm³/mol. The van der Waals surface area contributed by atoms with Crippen molar-refractivity contribution in [2.24, 2.45) is 4.99 Å². The Morgan fingerprint density at radius 2 is 1.64 bits per heavy atom. The van der Waals surface area contributed by atoms with Gasteiger partial charge in [-0.05, 0) is 73.6 Å². The molecule has 289 valence electrons. The quantitative estimate of drug-likeness (QED) is 0.110. The van der Waals surface area contributed by atoms with Gasteiger partial charge in [-0.1, -0.05) is 23.9 Å². The van der Waals surface area contributed by atoms with E-state index in [1.807, 2.05) is 83.6 Å². The molecular weight excluding hydrogens is 955 g/mol. The van der Waals surface area contributed by atoms with Gasteiger partial charge in [0.25, 0.3) is 5.91 Å². The number of benzene rings is 4. The standard InChI is InChI=1S/C38H34N3O5.C6H10O2.W.Y/c1-23-16-30-31(39-22-28-18-26-9-4-6-11-33(26)41(28)38(30)43)21-34(23)45-14-7-15-46-36-19-24-12-13-27-17-25-8-3-5-10-32(25)40(27)37(42)29(24)20-35(36)44-2;1-2-5-8-6-3-4-7;;/h3-5,8-11,16,19-22,27-28H,7,12-15,17-18H2,1-2H3;1-3,5-6H2;;/q-1;-2;;/t27-,28+;;;/m1.../s1. The first-order valence-corrected chi connectivity index (χ1v) is 18.5. The van der Waals surface area contributed by atoms with Crippen LogP contribution in [0.15, 0.2) is 71.7 Å². The minimum atomic E-state index is -0.107. The van der Waals surface area contributed by atoms with Crippen LogP contribution in [-0.2, 0) is 82.6 Å². The normalized spacial score (nSPS) is 16.8. The molecule has 56 heavy (non-hydrogen) atoms. The van der Waals surface area contributed by atoms with Crippen molar-refractivity contribution < 1.29 is 87.1 Å². The summed E-state index contributed by atoms with van der Waals surface area (Å²) in [6.07, 6.45) is 8.69. The van der Waals surface area contributed by atoms with Crippen LogP contribution >= 0.6 is 0 Å². The van der Waals surface area contributed by atoms with Gasteiger partial charge in [0.1, 0.15) is 5.75 Å². The van der Waals surface area contributed by atoms with Crippen LogP contribution in [0.5, 0.6) is 17.2 Å². The Morgan fingerprint density at radius 3 is 2.43 bits per heavy atom. The number of carbonyl (C=O) groups is 2. The molecule has 2 amide bonds. The summed E-state index contributed by atoms with van der Waals surface area (Å²) in [5.74, 6) is 1.84. The number of nitrogens with zero attached hydrogens (tertiary/aromatic N) is 3. The molecule has 8 rings (SSSR count). The second-order valence-corrected chi connectivity index (χ2v) is 13.7. The molecule has 0 bridgehead atoms. The Bertz CT molecular complexity index is 2070. The fourth-order valence-electron chi connectivity index (χ4n) is 7.57. The molecule has 4 aliphatic rings. The molecule has 0 saturated carbocycles. The fraction of sp³-hybridized carbons (Fsp3) is 0.341. The Labute approximate surface area is 368 Å². The van der Waals surface area contributed by atoms with Gasteiger partial charge >= 0.3 is 0 Å². The molecule has 1 radical (unpaired) electrons. The average Bonchev–Trinajstić information content (AvgIpc) is 3.68. The Morgan fingerprint density at radius 1 is 0.875 bits per heavy atom. The molecule has 2 atom stereocenters. The van der Waals surface area contributed by atoms with E-state index in [1.54, 1.807) is 13.4 Å². The maximum absolute atomic E-state index is 13.7. The van der Waals surface area contributed by atoms with Gasteiger partial charge in [0.15, 0.2) is 11.5 Å². The molecule has 0 N–H and O–H groups in total. The van der Waals surface area contributed by atoms with Crippen LogP contribution in [0.2, 0.25) is 0 Å². The van der Waals surface area contributed by atoms with Gasteiger partial charge in [-0.25, -0.2) is 0 Å². The van der Waals surface area contributed by atoms with Crippen LogP contribution < -0.4 is 24.0 Å². The molecule has 0 unspecified atom stereocenters. The summed E-state index contributed by atoms with van der Waals surface area (Å²) in [5.41, 5.74) is 8.00. The molecule has 4 aromatic carbocycles. The molecule has 4 aromatic rings. The van der Waals surface area contributed by atoms with Gasteiger partial charge in [0.05, 0.1) is 37.6 Å². The molecule has 0 fully saturated rings. The Hall–Kier alpha value is -3.69. The van der Waals surface area contributed by atoms with E-state index in [4.69, 9.17) is 23.9 Å². The molecule has 10 nitrogen and oxygen atoms in total. The minimum Gasteiger partial charge on any atom is -0.542 e.